The van der Waals surface area contributed by atoms with E-state index in [2.05, 4.69) is 10.5 Å². The fraction of sp³-hybridized carbons (Fsp3) is 0.357. The smallest absolute Gasteiger partial charge is 0.291 e. The number of hydrogen-bond acceptors (Lipinski definition) is 4. The summed E-state index contributed by atoms with van der Waals surface area (Å²) in [6.07, 6.45) is -4.61. The van der Waals surface area contributed by atoms with E-state index in [1.165, 1.54) is 6.07 Å². The minimum absolute atomic E-state index is 0.0359. The van der Waals surface area contributed by atoms with Gasteiger partial charge in [-0.3, -0.25) is 10.2 Å². The van der Waals surface area contributed by atoms with Gasteiger partial charge in [0.15, 0.2) is 5.78 Å². The lowest BCUT2D eigenvalue weighted by Crippen LogP contribution is -2.28. The minimum Gasteiger partial charge on any atom is -0.291 e. The highest BCUT2D eigenvalue weighted by atomic mass is 35.5. The normalized spacial score (nSPS) is 12.7. The Labute approximate surface area is 130 Å². The largest absolute Gasteiger partial charge is 0.417 e. The number of hydrazone groups is 1. The van der Waals surface area contributed by atoms with Crippen molar-refractivity contribution in [3.05, 3.63) is 28.8 Å². The minimum atomic E-state index is -4.61. The molecule has 22 heavy (non-hydrogen) atoms. The second-order valence-electron chi connectivity index (χ2n) is 5.46. The van der Waals surface area contributed by atoms with Crippen LogP contribution in [-0.2, 0) is 11.0 Å². The summed E-state index contributed by atoms with van der Waals surface area (Å²) in [6, 6.07) is 4.69. The van der Waals surface area contributed by atoms with Crippen molar-refractivity contribution in [1.29, 1.82) is 5.26 Å². The van der Waals surface area contributed by atoms with Gasteiger partial charge in [0.05, 0.1) is 16.3 Å². The van der Waals surface area contributed by atoms with Crippen LogP contribution in [0.15, 0.2) is 23.3 Å². The van der Waals surface area contributed by atoms with Crippen LogP contribution >= 0.6 is 11.6 Å². The van der Waals surface area contributed by atoms with Crippen LogP contribution in [0.2, 0.25) is 5.02 Å². The molecular weight excluding hydrogens is 319 g/mol. The van der Waals surface area contributed by atoms with Crippen molar-refractivity contribution in [1.82, 2.24) is 0 Å². The number of anilines is 1. The number of alkyl halides is 3. The number of nitriles is 1. The van der Waals surface area contributed by atoms with E-state index >= 15 is 0 Å². The molecule has 0 radical (unpaired) electrons. The maximum atomic E-state index is 12.7. The van der Waals surface area contributed by atoms with Crippen LogP contribution < -0.4 is 5.43 Å². The summed E-state index contributed by atoms with van der Waals surface area (Å²) >= 11 is 5.49. The van der Waals surface area contributed by atoms with Crippen molar-refractivity contribution < 1.29 is 18.0 Å². The average Bonchev–Trinajstić information content (AvgIpc) is 2.38. The van der Waals surface area contributed by atoms with E-state index < -0.39 is 33.7 Å². The fourth-order valence-electron chi connectivity index (χ4n) is 1.41. The Bertz CT molecular complexity index is 655. The third-order valence-electron chi connectivity index (χ3n) is 2.57. The van der Waals surface area contributed by atoms with Crippen LogP contribution in [-0.4, -0.2) is 11.5 Å². The number of ketones is 1. The number of carbonyl (C=O) groups is 1. The van der Waals surface area contributed by atoms with Crippen molar-refractivity contribution in [3.8, 4) is 6.07 Å². The highest BCUT2D eigenvalue weighted by Gasteiger charge is 2.33. The molecule has 0 aliphatic heterocycles. The summed E-state index contributed by atoms with van der Waals surface area (Å²) in [5.41, 5.74) is -0.0403. The van der Waals surface area contributed by atoms with Crippen molar-refractivity contribution in [3.63, 3.8) is 0 Å². The SMILES string of the molecule is CC(C)(C)C(=O)/C(C#N)=N/Nc1ccc(Cl)c(C(F)(F)F)c1. The average molecular weight is 332 g/mol. The summed E-state index contributed by atoms with van der Waals surface area (Å²) in [6.45, 7) is 4.81. The van der Waals surface area contributed by atoms with Crippen molar-refractivity contribution in [2.45, 2.75) is 26.9 Å². The van der Waals surface area contributed by atoms with Crippen LogP contribution in [0.3, 0.4) is 0 Å². The molecule has 1 aromatic carbocycles. The molecule has 118 valence electrons. The van der Waals surface area contributed by atoms with E-state index in [4.69, 9.17) is 16.9 Å². The lowest BCUT2D eigenvalue weighted by atomic mass is 9.88. The Morgan fingerprint density at radius 1 is 1.32 bits per heavy atom. The number of nitrogens with one attached hydrogen (secondary N) is 1. The van der Waals surface area contributed by atoms with Crippen LogP contribution in [0, 0.1) is 16.7 Å². The monoisotopic (exact) mass is 331 g/mol. The molecule has 1 aromatic rings. The molecule has 8 heteroatoms. The summed E-state index contributed by atoms with van der Waals surface area (Å²) in [7, 11) is 0. The molecule has 0 aliphatic carbocycles. The molecule has 0 aromatic heterocycles. The molecule has 0 atom stereocenters. The Kier molecular flexibility index (Phi) is 5.20. The van der Waals surface area contributed by atoms with Gasteiger partial charge in [0, 0.05) is 5.41 Å². The lowest BCUT2D eigenvalue weighted by Gasteiger charge is -2.15. The van der Waals surface area contributed by atoms with Gasteiger partial charge in [-0.2, -0.15) is 23.5 Å². The van der Waals surface area contributed by atoms with Crippen molar-refractivity contribution in [2.75, 3.05) is 5.43 Å². The van der Waals surface area contributed by atoms with E-state index in [1.807, 2.05) is 0 Å². The summed E-state index contributed by atoms with van der Waals surface area (Å²) in [5, 5.41) is 12.0. The van der Waals surface area contributed by atoms with Gasteiger partial charge in [0.25, 0.3) is 0 Å². The molecule has 0 saturated heterocycles. The number of Topliss-reactive ketones (excluding diaryl/α,β-unsaturated/α-hetero) is 1. The molecule has 0 unspecified atom stereocenters. The molecule has 1 N–H and O–H groups in total. The highest BCUT2D eigenvalue weighted by molar-refractivity contribution is 6.47. The molecule has 0 aliphatic rings. The van der Waals surface area contributed by atoms with E-state index in [0.717, 1.165) is 12.1 Å². The Morgan fingerprint density at radius 3 is 2.36 bits per heavy atom. The maximum Gasteiger partial charge on any atom is 0.417 e. The highest BCUT2D eigenvalue weighted by Crippen LogP contribution is 2.36. The first-order valence-electron chi connectivity index (χ1n) is 6.12. The van der Waals surface area contributed by atoms with Crippen LogP contribution in [0.1, 0.15) is 26.3 Å². The molecular formula is C14H13ClF3N3O. The molecule has 0 spiro atoms. The molecule has 0 amide bonds. The van der Waals surface area contributed by atoms with Gasteiger partial charge in [0.2, 0.25) is 5.71 Å². The van der Waals surface area contributed by atoms with Gasteiger partial charge in [-0.05, 0) is 18.2 Å². The zero-order valence-corrected chi connectivity index (χ0v) is 12.8. The van der Waals surface area contributed by atoms with Gasteiger partial charge >= 0.3 is 6.18 Å². The van der Waals surface area contributed by atoms with E-state index in [0.29, 0.717) is 0 Å². The Hall–Kier alpha value is -2.07. The van der Waals surface area contributed by atoms with Gasteiger partial charge in [-0.15, -0.1) is 0 Å². The number of rotatable bonds is 3. The summed E-state index contributed by atoms with van der Waals surface area (Å²) in [4.78, 5) is 11.9. The van der Waals surface area contributed by atoms with Crippen LogP contribution in [0.5, 0.6) is 0 Å². The topological polar surface area (TPSA) is 65.2 Å². The molecule has 0 bridgehead atoms. The van der Waals surface area contributed by atoms with Crippen LogP contribution in [0.25, 0.3) is 0 Å². The number of hydrogen-bond donors (Lipinski definition) is 1. The third kappa shape index (κ3) is 4.46. The van der Waals surface area contributed by atoms with Gasteiger partial charge in [-0.1, -0.05) is 32.4 Å². The number of nitrogens with zero attached hydrogens (tertiary/aromatic N) is 2. The number of carbonyl (C=O) groups excluding carboxylic acids is 1. The van der Waals surface area contributed by atoms with Gasteiger partial charge < -0.3 is 0 Å². The molecule has 0 saturated carbocycles. The maximum absolute atomic E-state index is 12.7. The first kappa shape index (κ1) is 18.0. The molecule has 4 nitrogen and oxygen atoms in total. The van der Waals surface area contributed by atoms with E-state index in [-0.39, 0.29) is 5.69 Å². The zero-order valence-electron chi connectivity index (χ0n) is 12.0. The quantitative estimate of drug-likeness (QED) is 0.664. The fourth-order valence-corrected chi connectivity index (χ4v) is 1.64. The zero-order chi connectivity index (χ0) is 17.1. The number of benzene rings is 1. The summed E-state index contributed by atoms with van der Waals surface area (Å²) in [5.74, 6) is -0.521. The predicted molar refractivity (Wildman–Crippen MR) is 77.6 cm³/mol. The first-order chi connectivity index (χ1) is 9.96. The van der Waals surface area contributed by atoms with Gasteiger partial charge in [-0.25, -0.2) is 0 Å². The Balaban J connectivity index is 3.08. The van der Waals surface area contributed by atoms with E-state index in [9.17, 15) is 18.0 Å². The second-order valence-corrected chi connectivity index (χ2v) is 5.86. The number of halogens is 4. The van der Waals surface area contributed by atoms with Gasteiger partial charge in [0.1, 0.15) is 6.07 Å². The third-order valence-corrected chi connectivity index (χ3v) is 2.90. The standard InChI is InChI=1S/C14H13ClF3N3O/c1-13(2,3)12(22)11(7-19)21-20-8-4-5-10(15)9(6-8)14(16,17)18/h4-6,20H,1-3H3/b21-11+. The van der Waals surface area contributed by atoms with E-state index in [1.54, 1.807) is 26.8 Å². The predicted octanol–water partition coefficient (Wildman–Crippen LogP) is 4.27. The first-order valence-corrected chi connectivity index (χ1v) is 6.50. The van der Waals surface area contributed by atoms with Crippen LogP contribution in [0.4, 0.5) is 18.9 Å². The summed E-state index contributed by atoms with van der Waals surface area (Å²) < 4.78 is 38.2. The molecule has 0 fully saturated rings. The lowest BCUT2D eigenvalue weighted by molar-refractivity contribution is -0.137. The van der Waals surface area contributed by atoms with Crippen molar-refractivity contribution in [2.24, 2.45) is 10.5 Å². The molecule has 0 heterocycles. The second kappa shape index (κ2) is 6.36. The molecule has 1 rings (SSSR count). The Morgan fingerprint density at radius 2 is 1.91 bits per heavy atom. The van der Waals surface area contributed by atoms with Crippen molar-refractivity contribution >= 4 is 28.8 Å².